The average Bonchev–Trinajstić information content (AvgIpc) is 2.42. The van der Waals surface area contributed by atoms with Crippen molar-refractivity contribution in [3.05, 3.63) is 71.3 Å². The van der Waals surface area contributed by atoms with E-state index in [9.17, 15) is 13.6 Å². The van der Waals surface area contributed by atoms with E-state index < -0.39 is 17.5 Å². The SMILES string of the molecule is CC(NC(=O)c1ccc(F)c(F)c1)c1ccccc1. The van der Waals surface area contributed by atoms with Gasteiger partial charge in [-0.15, -0.1) is 0 Å². The molecule has 0 spiro atoms. The highest BCUT2D eigenvalue weighted by atomic mass is 19.2. The molecule has 0 aliphatic rings. The predicted octanol–water partition coefficient (Wildman–Crippen LogP) is 3.46. The second kappa shape index (κ2) is 5.61. The molecule has 0 fully saturated rings. The quantitative estimate of drug-likeness (QED) is 0.900. The van der Waals surface area contributed by atoms with Crippen LogP contribution < -0.4 is 5.32 Å². The zero-order valence-corrected chi connectivity index (χ0v) is 10.4. The first-order valence-corrected chi connectivity index (χ1v) is 5.89. The fourth-order valence-electron chi connectivity index (χ4n) is 1.74. The molecule has 0 heterocycles. The van der Waals surface area contributed by atoms with Crippen LogP contribution in [0.2, 0.25) is 0 Å². The van der Waals surface area contributed by atoms with E-state index in [2.05, 4.69) is 5.32 Å². The number of carbonyl (C=O) groups excluding carboxylic acids is 1. The van der Waals surface area contributed by atoms with Crippen LogP contribution in [0.3, 0.4) is 0 Å². The van der Waals surface area contributed by atoms with E-state index in [1.54, 1.807) is 0 Å². The molecule has 1 N–H and O–H groups in total. The van der Waals surface area contributed by atoms with Gasteiger partial charge in [0, 0.05) is 5.56 Å². The fourth-order valence-corrected chi connectivity index (χ4v) is 1.74. The standard InChI is InChI=1S/C15H13F2NO/c1-10(11-5-3-2-4-6-11)18-15(19)12-7-8-13(16)14(17)9-12/h2-10H,1H3,(H,18,19). The first-order chi connectivity index (χ1) is 9.08. The second-order valence-electron chi connectivity index (χ2n) is 4.23. The van der Waals surface area contributed by atoms with Crippen molar-refractivity contribution >= 4 is 5.91 Å². The minimum atomic E-state index is -1.03. The van der Waals surface area contributed by atoms with E-state index in [4.69, 9.17) is 0 Å². The number of amides is 1. The van der Waals surface area contributed by atoms with Gasteiger partial charge in [-0.2, -0.15) is 0 Å². The molecule has 1 unspecified atom stereocenters. The Bertz CT molecular complexity index is 584. The summed E-state index contributed by atoms with van der Waals surface area (Å²) in [6.07, 6.45) is 0. The van der Waals surface area contributed by atoms with Crippen molar-refractivity contribution in [2.24, 2.45) is 0 Å². The summed E-state index contributed by atoms with van der Waals surface area (Å²) in [5, 5.41) is 2.73. The van der Waals surface area contributed by atoms with Crippen molar-refractivity contribution in [2.75, 3.05) is 0 Å². The lowest BCUT2D eigenvalue weighted by atomic mass is 10.1. The third-order valence-corrected chi connectivity index (χ3v) is 2.83. The van der Waals surface area contributed by atoms with E-state index >= 15 is 0 Å². The van der Waals surface area contributed by atoms with Gasteiger partial charge in [-0.3, -0.25) is 4.79 Å². The summed E-state index contributed by atoms with van der Waals surface area (Å²) < 4.78 is 25.8. The Balaban J connectivity index is 2.11. The van der Waals surface area contributed by atoms with E-state index in [1.807, 2.05) is 37.3 Å². The minimum Gasteiger partial charge on any atom is -0.346 e. The highest BCUT2D eigenvalue weighted by Crippen LogP contribution is 2.13. The molecule has 0 aromatic heterocycles. The summed E-state index contributed by atoms with van der Waals surface area (Å²) >= 11 is 0. The van der Waals surface area contributed by atoms with Crippen molar-refractivity contribution in [1.29, 1.82) is 0 Å². The van der Waals surface area contributed by atoms with Crippen LogP contribution in [-0.4, -0.2) is 5.91 Å². The summed E-state index contributed by atoms with van der Waals surface area (Å²) in [6, 6.07) is 12.3. The smallest absolute Gasteiger partial charge is 0.251 e. The topological polar surface area (TPSA) is 29.1 Å². The number of benzene rings is 2. The maximum absolute atomic E-state index is 13.0. The summed E-state index contributed by atoms with van der Waals surface area (Å²) in [5.41, 5.74) is 1.04. The van der Waals surface area contributed by atoms with Crippen LogP contribution in [0.25, 0.3) is 0 Å². The van der Waals surface area contributed by atoms with Crippen molar-refractivity contribution in [3.8, 4) is 0 Å². The van der Waals surface area contributed by atoms with E-state index in [1.165, 1.54) is 6.07 Å². The fraction of sp³-hybridized carbons (Fsp3) is 0.133. The molecule has 1 amide bonds. The van der Waals surface area contributed by atoms with E-state index in [0.29, 0.717) is 0 Å². The van der Waals surface area contributed by atoms with Crippen LogP contribution in [0.15, 0.2) is 48.5 Å². The number of carbonyl (C=O) groups is 1. The van der Waals surface area contributed by atoms with Crippen LogP contribution in [0.1, 0.15) is 28.9 Å². The van der Waals surface area contributed by atoms with Crippen molar-refractivity contribution in [3.63, 3.8) is 0 Å². The molecule has 0 radical (unpaired) electrons. The second-order valence-corrected chi connectivity index (χ2v) is 4.23. The number of hydrogen-bond acceptors (Lipinski definition) is 1. The molecule has 0 aliphatic heterocycles. The molecule has 19 heavy (non-hydrogen) atoms. The van der Waals surface area contributed by atoms with E-state index in [-0.39, 0.29) is 11.6 Å². The number of nitrogens with one attached hydrogen (secondary N) is 1. The third kappa shape index (κ3) is 3.16. The summed E-state index contributed by atoms with van der Waals surface area (Å²) in [6.45, 7) is 1.83. The first kappa shape index (κ1) is 13.2. The monoisotopic (exact) mass is 261 g/mol. The van der Waals surface area contributed by atoms with Gasteiger partial charge in [0.25, 0.3) is 5.91 Å². The van der Waals surface area contributed by atoms with Crippen molar-refractivity contribution < 1.29 is 13.6 Å². The Labute approximate surface area is 110 Å². The zero-order chi connectivity index (χ0) is 13.8. The van der Waals surface area contributed by atoms with Crippen LogP contribution in [-0.2, 0) is 0 Å². The van der Waals surface area contributed by atoms with E-state index in [0.717, 1.165) is 17.7 Å². The Morgan fingerprint density at radius 1 is 1.05 bits per heavy atom. The molecule has 4 heteroatoms. The average molecular weight is 261 g/mol. The minimum absolute atomic E-state index is 0.0988. The molecule has 0 saturated heterocycles. The summed E-state index contributed by atoms with van der Waals surface area (Å²) in [7, 11) is 0. The van der Waals surface area contributed by atoms with Gasteiger partial charge in [-0.05, 0) is 30.7 Å². The van der Waals surface area contributed by atoms with Crippen LogP contribution in [0.5, 0.6) is 0 Å². The van der Waals surface area contributed by atoms with Crippen molar-refractivity contribution in [1.82, 2.24) is 5.32 Å². The highest BCUT2D eigenvalue weighted by Gasteiger charge is 2.13. The molecule has 1 atom stereocenters. The maximum atomic E-state index is 13.0. The normalized spacial score (nSPS) is 11.9. The number of hydrogen-bond donors (Lipinski definition) is 1. The largest absolute Gasteiger partial charge is 0.346 e. The maximum Gasteiger partial charge on any atom is 0.251 e. The first-order valence-electron chi connectivity index (χ1n) is 5.89. The molecule has 0 aliphatic carbocycles. The lowest BCUT2D eigenvalue weighted by Crippen LogP contribution is -2.26. The number of halogens is 2. The van der Waals surface area contributed by atoms with Gasteiger partial charge in [0.2, 0.25) is 0 Å². The van der Waals surface area contributed by atoms with Gasteiger partial charge in [-0.1, -0.05) is 30.3 Å². The molecular formula is C15H13F2NO. The number of rotatable bonds is 3. The Morgan fingerprint density at radius 3 is 2.37 bits per heavy atom. The van der Waals surface area contributed by atoms with Gasteiger partial charge in [0.05, 0.1) is 6.04 Å². The van der Waals surface area contributed by atoms with Gasteiger partial charge in [0.1, 0.15) is 0 Å². The Morgan fingerprint density at radius 2 is 1.74 bits per heavy atom. The molecule has 2 aromatic rings. The molecule has 2 rings (SSSR count). The Kier molecular flexibility index (Phi) is 3.90. The van der Waals surface area contributed by atoms with Crippen LogP contribution in [0, 0.1) is 11.6 Å². The molecule has 2 aromatic carbocycles. The molecule has 2 nitrogen and oxygen atoms in total. The highest BCUT2D eigenvalue weighted by molar-refractivity contribution is 5.94. The predicted molar refractivity (Wildman–Crippen MR) is 68.7 cm³/mol. The lowest BCUT2D eigenvalue weighted by Gasteiger charge is -2.14. The molecule has 0 saturated carbocycles. The lowest BCUT2D eigenvalue weighted by molar-refractivity contribution is 0.0939. The van der Waals surface area contributed by atoms with Crippen LogP contribution >= 0.6 is 0 Å². The molecular weight excluding hydrogens is 248 g/mol. The zero-order valence-electron chi connectivity index (χ0n) is 10.4. The summed E-state index contributed by atoms with van der Waals surface area (Å²) in [5.74, 6) is -2.43. The van der Waals surface area contributed by atoms with Crippen LogP contribution in [0.4, 0.5) is 8.78 Å². The molecule has 0 bridgehead atoms. The van der Waals surface area contributed by atoms with Gasteiger partial charge in [-0.25, -0.2) is 8.78 Å². The Hall–Kier alpha value is -2.23. The third-order valence-electron chi connectivity index (χ3n) is 2.83. The van der Waals surface area contributed by atoms with Gasteiger partial charge < -0.3 is 5.32 Å². The van der Waals surface area contributed by atoms with Gasteiger partial charge in [0.15, 0.2) is 11.6 Å². The molecule has 98 valence electrons. The van der Waals surface area contributed by atoms with Gasteiger partial charge >= 0.3 is 0 Å². The van der Waals surface area contributed by atoms with Crippen molar-refractivity contribution in [2.45, 2.75) is 13.0 Å². The summed E-state index contributed by atoms with van der Waals surface area (Å²) in [4.78, 5) is 11.9.